The highest BCUT2D eigenvalue weighted by Gasteiger charge is 2.14. The predicted octanol–water partition coefficient (Wildman–Crippen LogP) is 3.93. The van der Waals surface area contributed by atoms with E-state index in [9.17, 15) is 5.11 Å². The van der Waals surface area contributed by atoms with Gasteiger partial charge < -0.3 is 9.67 Å². The van der Waals surface area contributed by atoms with Crippen molar-refractivity contribution >= 4 is 11.3 Å². The SMILES string of the molecule is CC(c1cccs1)n1ccnc1-c1cccc(O)c1. The van der Waals surface area contributed by atoms with Gasteiger partial charge in [-0.25, -0.2) is 4.98 Å². The zero-order valence-corrected chi connectivity index (χ0v) is 11.3. The lowest BCUT2D eigenvalue weighted by molar-refractivity contribution is 0.475. The van der Waals surface area contributed by atoms with Gasteiger partial charge >= 0.3 is 0 Å². The molecule has 3 nitrogen and oxygen atoms in total. The van der Waals surface area contributed by atoms with Gasteiger partial charge in [-0.15, -0.1) is 11.3 Å². The van der Waals surface area contributed by atoms with Crippen LogP contribution < -0.4 is 0 Å². The summed E-state index contributed by atoms with van der Waals surface area (Å²) in [6.07, 6.45) is 3.77. The number of benzene rings is 1. The van der Waals surface area contributed by atoms with Crippen molar-refractivity contribution in [2.24, 2.45) is 0 Å². The summed E-state index contributed by atoms with van der Waals surface area (Å²) in [5, 5.41) is 11.7. The van der Waals surface area contributed by atoms with Crippen LogP contribution in [0.2, 0.25) is 0 Å². The highest BCUT2D eigenvalue weighted by Crippen LogP contribution is 2.29. The quantitative estimate of drug-likeness (QED) is 0.783. The third-order valence-corrected chi connectivity index (χ3v) is 4.19. The molecule has 1 unspecified atom stereocenters. The number of imidazole rings is 1. The average Bonchev–Trinajstić information content (AvgIpc) is 3.09. The zero-order valence-electron chi connectivity index (χ0n) is 10.5. The van der Waals surface area contributed by atoms with Gasteiger partial charge in [0.05, 0.1) is 6.04 Å². The van der Waals surface area contributed by atoms with Crippen LogP contribution in [0.1, 0.15) is 17.8 Å². The van der Waals surface area contributed by atoms with E-state index in [2.05, 4.69) is 34.0 Å². The second-order valence-electron chi connectivity index (χ2n) is 4.40. The number of hydrogen-bond acceptors (Lipinski definition) is 3. The van der Waals surface area contributed by atoms with Gasteiger partial charge in [0.2, 0.25) is 0 Å². The molecule has 0 fully saturated rings. The van der Waals surface area contributed by atoms with Crippen LogP contribution in [-0.4, -0.2) is 14.7 Å². The smallest absolute Gasteiger partial charge is 0.140 e. The van der Waals surface area contributed by atoms with Crippen molar-refractivity contribution in [3.05, 3.63) is 59.0 Å². The van der Waals surface area contributed by atoms with Crippen LogP contribution in [0.4, 0.5) is 0 Å². The topological polar surface area (TPSA) is 38.0 Å². The van der Waals surface area contributed by atoms with Crippen LogP contribution in [0.15, 0.2) is 54.2 Å². The minimum absolute atomic E-state index is 0.236. The maximum Gasteiger partial charge on any atom is 0.140 e. The van der Waals surface area contributed by atoms with E-state index in [4.69, 9.17) is 0 Å². The number of rotatable bonds is 3. The monoisotopic (exact) mass is 270 g/mol. The number of nitrogens with zero attached hydrogens (tertiary/aromatic N) is 2. The summed E-state index contributed by atoms with van der Waals surface area (Å²) in [5.74, 6) is 1.13. The van der Waals surface area contributed by atoms with Gasteiger partial charge in [0.25, 0.3) is 0 Å². The van der Waals surface area contributed by atoms with Crippen molar-refractivity contribution < 1.29 is 5.11 Å². The number of aromatic hydroxyl groups is 1. The Morgan fingerprint density at radius 1 is 1.26 bits per heavy atom. The van der Waals surface area contributed by atoms with Gasteiger partial charge in [0.15, 0.2) is 0 Å². The van der Waals surface area contributed by atoms with Gasteiger partial charge in [-0.1, -0.05) is 18.2 Å². The summed E-state index contributed by atoms with van der Waals surface area (Å²) in [4.78, 5) is 5.71. The first-order valence-electron chi connectivity index (χ1n) is 6.11. The first-order valence-corrected chi connectivity index (χ1v) is 6.99. The van der Waals surface area contributed by atoms with E-state index in [1.54, 1.807) is 29.7 Å². The largest absolute Gasteiger partial charge is 0.508 e. The van der Waals surface area contributed by atoms with Crippen molar-refractivity contribution in [2.75, 3.05) is 0 Å². The minimum Gasteiger partial charge on any atom is -0.508 e. The van der Waals surface area contributed by atoms with E-state index in [1.165, 1.54) is 4.88 Å². The molecule has 0 aliphatic carbocycles. The van der Waals surface area contributed by atoms with Crippen LogP contribution in [-0.2, 0) is 0 Å². The van der Waals surface area contributed by atoms with E-state index in [-0.39, 0.29) is 11.8 Å². The Morgan fingerprint density at radius 3 is 2.89 bits per heavy atom. The fourth-order valence-corrected chi connectivity index (χ4v) is 2.94. The van der Waals surface area contributed by atoms with Crippen LogP contribution >= 0.6 is 11.3 Å². The summed E-state index contributed by atoms with van der Waals surface area (Å²) in [7, 11) is 0. The van der Waals surface area contributed by atoms with Gasteiger partial charge in [-0.05, 0) is 30.5 Å². The van der Waals surface area contributed by atoms with E-state index in [0.717, 1.165) is 11.4 Å². The molecule has 0 bridgehead atoms. The summed E-state index contributed by atoms with van der Waals surface area (Å²) in [6.45, 7) is 2.15. The summed E-state index contributed by atoms with van der Waals surface area (Å²) in [6, 6.07) is 11.6. The van der Waals surface area contributed by atoms with Crippen molar-refractivity contribution in [3.8, 4) is 17.1 Å². The van der Waals surface area contributed by atoms with E-state index < -0.39 is 0 Å². The molecule has 1 N–H and O–H groups in total. The Labute approximate surface area is 115 Å². The molecule has 3 rings (SSSR count). The molecule has 1 atom stereocenters. The highest BCUT2D eigenvalue weighted by atomic mass is 32.1. The molecule has 0 radical (unpaired) electrons. The molecule has 0 amide bonds. The van der Waals surface area contributed by atoms with Crippen molar-refractivity contribution in [2.45, 2.75) is 13.0 Å². The molecule has 4 heteroatoms. The standard InChI is InChI=1S/C15H14N2OS/c1-11(14-6-3-9-19-14)17-8-7-16-15(17)12-4-2-5-13(18)10-12/h2-11,18H,1H3. The second-order valence-corrected chi connectivity index (χ2v) is 5.38. The second kappa shape index (κ2) is 4.90. The first-order chi connectivity index (χ1) is 9.25. The number of phenols is 1. The Morgan fingerprint density at radius 2 is 2.16 bits per heavy atom. The number of phenolic OH excluding ortho intramolecular Hbond substituents is 1. The zero-order chi connectivity index (χ0) is 13.2. The summed E-state index contributed by atoms with van der Waals surface area (Å²) in [5.41, 5.74) is 0.924. The van der Waals surface area contributed by atoms with E-state index in [0.29, 0.717) is 0 Å². The molecule has 2 heterocycles. The fourth-order valence-electron chi connectivity index (χ4n) is 2.16. The normalized spacial score (nSPS) is 12.5. The molecule has 0 saturated carbocycles. The van der Waals surface area contributed by atoms with Gasteiger partial charge in [0, 0.05) is 22.8 Å². The molecule has 0 aliphatic rings. The van der Waals surface area contributed by atoms with Crippen molar-refractivity contribution in [3.63, 3.8) is 0 Å². The van der Waals surface area contributed by atoms with Gasteiger partial charge in [0.1, 0.15) is 11.6 Å². The molecule has 1 aromatic carbocycles. The first kappa shape index (κ1) is 12.0. The number of thiophene rings is 1. The molecule has 0 saturated heterocycles. The molecule has 0 spiro atoms. The molecule has 19 heavy (non-hydrogen) atoms. The van der Waals surface area contributed by atoms with Crippen LogP contribution in [0.25, 0.3) is 11.4 Å². The van der Waals surface area contributed by atoms with Crippen molar-refractivity contribution in [1.29, 1.82) is 0 Å². The minimum atomic E-state index is 0.236. The van der Waals surface area contributed by atoms with Crippen molar-refractivity contribution in [1.82, 2.24) is 9.55 Å². The number of hydrogen-bond donors (Lipinski definition) is 1. The summed E-state index contributed by atoms with van der Waals surface area (Å²) < 4.78 is 2.13. The van der Waals surface area contributed by atoms with Crippen LogP contribution in [0.3, 0.4) is 0 Å². The molecule has 96 valence electrons. The van der Waals surface area contributed by atoms with Gasteiger partial charge in [-0.2, -0.15) is 0 Å². The van der Waals surface area contributed by atoms with E-state index >= 15 is 0 Å². The Kier molecular flexibility index (Phi) is 3.09. The lowest BCUT2D eigenvalue weighted by Gasteiger charge is -2.15. The van der Waals surface area contributed by atoms with Crippen LogP contribution in [0.5, 0.6) is 5.75 Å². The average molecular weight is 270 g/mol. The summed E-state index contributed by atoms with van der Waals surface area (Å²) >= 11 is 1.74. The third kappa shape index (κ3) is 2.27. The third-order valence-electron chi connectivity index (χ3n) is 3.15. The van der Waals surface area contributed by atoms with E-state index in [1.807, 2.05) is 18.3 Å². The Bertz CT molecular complexity index is 673. The molecular formula is C15H14N2OS. The highest BCUT2D eigenvalue weighted by molar-refractivity contribution is 7.10. The molecule has 3 aromatic rings. The predicted molar refractivity (Wildman–Crippen MR) is 77.5 cm³/mol. The Balaban J connectivity index is 2.03. The lowest BCUT2D eigenvalue weighted by Crippen LogP contribution is -2.05. The fraction of sp³-hybridized carbons (Fsp3) is 0.133. The Hall–Kier alpha value is -2.07. The number of aromatic nitrogens is 2. The maximum atomic E-state index is 9.59. The van der Waals surface area contributed by atoms with Crippen LogP contribution in [0, 0.1) is 0 Å². The molecule has 2 aromatic heterocycles. The lowest BCUT2D eigenvalue weighted by atomic mass is 10.2. The maximum absolute atomic E-state index is 9.59. The van der Waals surface area contributed by atoms with Gasteiger partial charge in [-0.3, -0.25) is 0 Å². The molecule has 0 aliphatic heterocycles. The molecular weight excluding hydrogens is 256 g/mol.